The van der Waals surface area contributed by atoms with Crippen LogP contribution in [0, 0.1) is 11.6 Å². The lowest BCUT2D eigenvalue weighted by Crippen LogP contribution is -2.38. The van der Waals surface area contributed by atoms with Gasteiger partial charge in [0.25, 0.3) is 6.47 Å². The van der Waals surface area contributed by atoms with Crippen molar-refractivity contribution >= 4 is 44.9 Å². The molecule has 0 spiro atoms. The lowest BCUT2D eigenvalue weighted by Gasteiger charge is -2.30. The molecule has 2 aromatic carbocycles. The highest BCUT2D eigenvalue weighted by Crippen LogP contribution is 2.30. The maximum atomic E-state index is 14.7. The Balaban J connectivity index is 0.00000108. The number of halogens is 3. The predicted molar refractivity (Wildman–Crippen MR) is 132 cm³/mol. The van der Waals surface area contributed by atoms with Crippen molar-refractivity contribution in [3.05, 3.63) is 74.7 Å². The summed E-state index contributed by atoms with van der Waals surface area (Å²) in [4.78, 5) is 14.2. The van der Waals surface area contributed by atoms with Gasteiger partial charge in [0, 0.05) is 24.0 Å². The third-order valence-corrected chi connectivity index (χ3v) is 8.03. The summed E-state index contributed by atoms with van der Waals surface area (Å²) in [5, 5.41) is 11.4. The third-order valence-electron chi connectivity index (χ3n) is 5.42. The van der Waals surface area contributed by atoms with E-state index in [1.54, 1.807) is 17.5 Å². The van der Waals surface area contributed by atoms with Gasteiger partial charge in [-0.3, -0.25) is 4.79 Å². The topological polar surface area (TPSA) is 99.6 Å². The number of carboxylic acid groups (broad SMARTS) is 1. The second-order valence-electron chi connectivity index (χ2n) is 7.83. The first kappa shape index (κ1) is 27.0. The van der Waals surface area contributed by atoms with Gasteiger partial charge in [0.2, 0.25) is 0 Å². The summed E-state index contributed by atoms with van der Waals surface area (Å²) in [7, 11) is -3.95. The van der Waals surface area contributed by atoms with E-state index in [-0.39, 0.29) is 29.5 Å². The molecule has 0 saturated carbocycles. The maximum Gasteiger partial charge on any atom is 0.290 e. The molecule has 12 heteroatoms. The van der Waals surface area contributed by atoms with Crippen molar-refractivity contribution in [2.45, 2.75) is 30.0 Å². The smallest absolute Gasteiger partial charge is 0.290 e. The van der Waals surface area contributed by atoms with E-state index in [2.05, 4.69) is 15.2 Å². The van der Waals surface area contributed by atoms with E-state index in [1.807, 2.05) is 0 Å². The van der Waals surface area contributed by atoms with Gasteiger partial charge in [0.1, 0.15) is 16.5 Å². The number of carbonyl (C=O) groups is 1. The first-order valence-electron chi connectivity index (χ1n) is 10.6. The summed E-state index contributed by atoms with van der Waals surface area (Å²) in [5.41, 5.74) is 3.51. The van der Waals surface area contributed by atoms with Crippen molar-refractivity contribution < 1.29 is 27.1 Å². The molecule has 1 aliphatic rings. The molecular formula is C23H24ClF2N3O4S2. The first-order valence-corrected chi connectivity index (χ1v) is 13.6. The summed E-state index contributed by atoms with van der Waals surface area (Å²) in [6.07, 6.45) is 2.05. The molecule has 0 atom stereocenters. The number of anilines is 1. The number of benzene rings is 2. The van der Waals surface area contributed by atoms with Gasteiger partial charge in [-0.15, -0.1) is 11.3 Å². The molecule has 35 heavy (non-hydrogen) atoms. The zero-order valence-corrected chi connectivity index (χ0v) is 21.0. The van der Waals surface area contributed by atoms with E-state index in [4.69, 9.17) is 21.5 Å². The first-order chi connectivity index (χ1) is 16.7. The van der Waals surface area contributed by atoms with Crippen LogP contribution in [0.1, 0.15) is 23.2 Å². The highest BCUT2D eigenvalue weighted by atomic mass is 35.5. The minimum Gasteiger partial charge on any atom is -0.483 e. The lowest BCUT2D eigenvalue weighted by molar-refractivity contribution is -0.122. The van der Waals surface area contributed by atoms with Gasteiger partial charge in [-0.05, 0) is 49.7 Å². The molecule has 0 amide bonds. The largest absolute Gasteiger partial charge is 0.483 e. The molecule has 1 fully saturated rings. The Labute approximate surface area is 211 Å². The van der Waals surface area contributed by atoms with Gasteiger partial charge >= 0.3 is 0 Å². The summed E-state index contributed by atoms with van der Waals surface area (Å²) in [6.45, 7) is 2.99. The van der Waals surface area contributed by atoms with E-state index in [0.717, 1.165) is 43.8 Å². The Hall–Kier alpha value is -2.60. The van der Waals surface area contributed by atoms with Crippen LogP contribution in [0.2, 0.25) is 5.02 Å². The average molecular weight is 544 g/mol. The standard InChI is InChI=1S/C22H22ClF2N3O2S2.CH2O2/c23-18-9-22(32(29,30)13-17-12-31-14-27-17)20(25)10-21(18)26-11-16-8-15(2-3-19(16)24)4-7-28-5-1-6-28;2-1-3/h2-3,8-10,12,14,26H,1,4-7,11,13H2;1H,(H,2,3). The molecule has 0 aliphatic carbocycles. The number of hydrogen-bond acceptors (Lipinski definition) is 7. The molecule has 0 bridgehead atoms. The van der Waals surface area contributed by atoms with Gasteiger partial charge < -0.3 is 15.3 Å². The molecule has 1 aromatic heterocycles. The van der Waals surface area contributed by atoms with Crippen molar-refractivity contribution in [3.63, 3.8) is 0 Å². The number of thiazole rings is 1. The average Bonchev–Trinajstić information content (AvgIpc) is 3.27. The second kappa shape index (κ2) is 12.4. The van der Waals surface area contributed by atoms with Crippen LogP contribution in [-0.2, 0) is 33.4 Å². The molecule has 2 N–H and O–H groups in total. The number of aromatic nitrogens is 1. The van der Waals surface area contributed by atoms with Crippen LogP contribution in [0.3, 0.4) is 0 Å². The van der Waals surface area contributed by atoms with E-state index < -0.39 is 26.3 Å². The molecule has 188 valence electrons. The highest BCUT2D eigenvalue weighted by molar-refractivity contribution is 7.90. The summed E-state index contributed by atoms with van der Waals surface area (Å²) in [6, 6.07) is 7.10. The van der Waals surface area contributed by atoms with Gasteiger partial charge in [-0.2, -0.15) is 0 Å². The molecular weight excluding hydrogens is 520 g/mol. The lowest BCUT2D eigenvalue weighted by atomic mass is 10.1. The van der Waals surface area contributed by atoms with Gasteiger partial charge in [0.15, 0.2) is 9.84 Å². The Morgan fingerprint density at radius 2 is 1.94 bits per heavy atom. The van der Waals surface area contributed by atoms with E-state index in [1.165, 1.54) is 29.3 Å². The monoisotopic (exact) mass is 543 g/mol. The molecule has 1 saturated heterocycles. The van der Waals surface area contributed by atoms with E-state index in [0.29, 0.717) is 11.3 Å². The fraction of sp³-hybridized carbons (Fsp3) is 0.304. The van der Waals surface area contributed by atoms with Gasteiger partial charge in [0.05, 0.1) is 27.7 Å². The molecule has 4 rings (SSSR count). The van der Waals surface area contributed by atoms with Crippen LogP contribution >= 0.6 is 22.9 Å². The molecule has 0 unspecified atom stereocenters. The summed E-state index contributed by atoms with van der Waals surface area (Å²) >= 11 is 7.49. The summed E-state index contributed by atoms with van der Waals surface area (Å²) in [5.74, 6) is -1.70. The van der Waals surface area contributed by atoms with Crippen LogP contribution in [-0.4, -0.2) is 49.5 Å². The van der Waals surface area contributed by atoms with Crippen LogP contribution in [0.5, 0.6) is 0 Å². The van der Waals surface area contributed by atoms with Crippen LogP contribution in [0.25, 0.3) is 0 Å². The number of rotatable bonds is 9. The number of likely N-dealkylation sites (tertiary alicyclic amines) is 1. The predicted octanol–water partition coefficient (Wildman–Crippen LogP) is 4.61. The summed E-state index contributed by atoms with van der Waals surface area (Å²) < 4.78 is 54.1. The van der Waals surface area contributed by atoms with E-state index in [9.17, 15) is 17.2 Å². The Bertz CT molecular complexity index is 1250. The number of hydrogen-bond donors (Lipinski definition) is 2. The van der Waals surface area contributed by atoms with Crippen molar-refractivity contribution in [1.29, 1.82) is 0 Å². The van der Waals surface area contributed by atoms with Crippen molar-refractivity contribution in [3.8, 4) is 0 Å². The van der Waals surface area contributed by atoms with Crippen molar-refractivity contribution in [1.82, 2.24) is 9.88 Å². The number of nitrogens with one attached hydrogen (secondary N) is 1. The molecule has 3 aromatic rings. The molecule has 2 heterocycles. The zero-order chi connectivity index (χ0) is 25.4. The Kier molecular flexibility index (Phi) is 9.55. The van der Waals surface area contributed by atoms with Crippen LogP contribution in [0.4, 0.5) is 14.5 Å². The molecule has 0 radical (unpaired) electrons. The second-order valence-corrected chi connectivity index (χ2v) is 10.9. The van der Waals surface area contributed by atoms with Gasteiger partial charge in [-0.1, -0.05) is 23.7 Å². The fourth-order valence-electron chi connectivity index (χ4n) is 3.49. The van der Waals surface area contributed by atoms with Crippen molar-refractivity contribution in [2.75, 3.05) is 25.0 Å². The fourth-order valence-corrected chi connectivity index (χ4v) is 5.80. The highest BCUT2D eigenvalue weighted by Gasteiger charge is 2.23. The third kappa shape index (κ3) is 7.44. The minimum atomic E-state index is -3.95. The Morgan fingerprint density at radius 1 is 1.20 bits per heavy atom. The molecule has 1 aliphatic heterocycles. The van der Waals surface area contributed by atoms with Crippen molar-refractivity contribution in [2.24, 2.45) is 0 Å². The van der Waals surface area contributed by atoms with Crippen LogP contribution < -0.4 is 5.32 Å². The number of sulfone groups is 1. The SMILES string of the molecule is O=CO.O=S(=O)(Cc1cscn1)c1cc(Cl)c(NCc2cc(CCN3CCC3)ccc2F)cc1F. The number of nitrogens with zero attached hydrogens (tertiary/aromatic N) is 2. The quantitative estimate of drug-likeness (QED) is 0.380. The van der Waals surface area contributed by atoms with E-state index >= 15 is 0 Å². The Morgan fingerprint density at radius 3 is 2.57 bits per heavy atom. The van der Waals surface area contributed by atoms with Gasteiger partial charge in [-0.25, -0.2) is 22.2 Å². The zero-order valence-electron chi connectivity index (χ0n) is 18.6. The minimum absolute atomic E-state index is 0.0394. The molecule has 7 nitrogen and oxygen atoms in total. The normalized spacial score (nSPS) is 13.5. The maximum absolute atomic E-state index is 14.7. The van der Waals surface area contributed by atoms with Crippen LogP contribution in [0.15, 0.2) is 46.1 Å².